The van der Waals surface area contributed by atoms with Gasteiger partial charge in [-0.05, 0) is 30.9 Å². The van der Waals surface area contributed by atoms with Crippen LogP contribution in [0, 0.1) is 5.92 Å². The van der Waals surface area contributed by atoms with Gasteiger partial charge in [0.25, 0.3) is 0 Å². The Morgan fingerprint density at radius 1 is 1.60 bits per heavy atom. The van der Waals surface area contributed by atoms with E-state index in [4.69, 9.17) is 4.52 Å². The molecule has 0 fully saturated rings. The van der Waals surface area contributed by atoms with Crippen LogP contribution in [0.3, 0.4) is 0 Å². The van der Waals surface area contributed by atoms with Crippen LogP contribution in [0.4, 0.5) is 0 Å². The molecule has 1 aliphatic carbocycles. The van der Waals surface area contributed by atoms with Crippen molar-refractivity contribution in [3.63, 3.8) is 0 Å². The van der Waals surface area contributed by atoms with Gasteiger partial charge in [-0.2, -0.15) is 0 Å². The molecular weight excluding hydrogens is 207 g/mol. The van der Waals surface area contributed by atoms with Crippen molar-refractivity contribution >= 4 is 7.37 Å². The van der Waals surface area contributed by atoms with Crippen molar-refractivity contribution in [1.82, 2.24) is 0 Å². The van der Waals surface area contributed by atoms with E-state index in [9.17, 15) is 4.57 Å². The lowest BCUT2D eigenvalue weighted by Gasteiger charge is -2.24. The average molecular weight is 226 g/mol. The Balaban J connectivity index is 3.11. The first kappa shape index (κ1) is 12.5. The highest BCUT2D eigenvalue weighted by Gasteiger charge is 2.26. The highest BCUT2D eigenvalue weighted by Crippen LogP contribution is 2.55. The summed E-state index contributed by atoms with van der Waals surface area (Å²) in [5.41, 5.74) is 2.05. The van der Waals surface area contributed by atoms with E-state index in [1.54, 1.807) is 6.66 Å². The summed E-state index contributed by atoms with van der Waals surface area (Å²) < 4.78 is 17.6. The fourth-order valence-corrected chi connectivity index (χ4v) is 3.48. The molecule has 3 heteroatoms. The van der Waals surface area contributed by atoms with Crippen molar-refractivity contribution in [2.75, 3.05) is 13.3 Å². The molecule has 0 bridgehead atoms. The lowest BCUT2D eigenvalue weighted by Crippen LogP contribution is -2.05. The van der Waals surface area contributed by atoms with Crippen molar-refractivity contribution < 1.29 is 9.09 Å². The monoisotopic (exact) mass is 226 g/mol. The van der Waals surface area contributed by atoms with Crippen molar-refractivity contribution in [1.29, 1.82) is 0 Å². The van der Waals surface area contributed by atoms with Gasteiger partial charge < -0.3 is 4.52 Å². The van der Waals surface area contributed by atoms with Crippen LogP contribution in [0.1, 0.15) is 20.8 Å². The zero-order valence-electron chi connectivity index (χ0n) is 9.91. The predicted octanol–water partition coefficient (Wildman–Crippen LogP) is 3.97. The first-order valence-corrected chi connectivity index (χ1v) is 7.28. The van der Waals surface area contributed by atoms with Gasteiger partial charge in [-0.3, -0.25) is 4.57 Å². The molecule has 0 aromatic heterocycles. The molecule has 0 saturated heterocycles. The Morgan fingerprint density at radius 3 is 2.73 bits per heavy atom. The summed E-state index contributed by atoms with van der Waals surface area (Å²) in [7, 11) is -2.66. The molecule has 0 aromatic rings. The molecule has 15 heavy (non-hydrogen) atoms. The van der Waals surface area contributed by atoms with E-state index in [1.165, 1.54) is 0 Å². The molecule has 0 aromatic carbocycles. The fourth-order valence-electron chi connectivity index (χ4n) is 1.74. The zero-order valence-corrected chi connectivity index (χ0v) is 10.8. The van der Waals surface area contributed by atoms with E-state index in [2.05, 4.69) is 13.5 Å². The maximum Gasteiger partial charge on any atom is 0.229 e. The lowest BCUT2D eigenvalue weighted by atomic mass is 9.92. The third-order valence-electron chi connectivity index (χ3n) is 2.77. The first-order valence-electron chi connectivity index (χ1n) is 5.21. The molecule has 2 unspecified atom stereocenters. The van der Waals surface area contributed by atoms with Crippen LogP contribution >= 0.6 is 7.37 Å². The largest absolute Gasteiger partial charge is 0.326 e. The third-order valence-corrected chi connectivity index (χ3v) is 4.88. The second-order valence-electron chi connectivity index (χ2n) is 3.95. The summed E-state index contributed by atoms with van der Waals surface area (Å²) in [5.74, 6) is 0.329. The van der Waals surface area contributed by atoms with Gasteiger partial charge in [-0.15, -0.1) is 0 Å². The van der Waals surface area contributed by atoms with Gasteiger partial charge in [0.2, 0.25) is 7.37 Å². The minimum absolute atomic E-state index is 0.329. The van der Waals surface area contributed by atoms with Crippen LogP contribution < -0.4 is 0 Å². The number of hydrogen-bond donors (Lipinski definition) is 0. The fraction of sp³-hybridized carbons (Fsp3) is 0.500. The summed E-state index contributed by atoms with van der Waals surface area (Å²) in [6.45, 7) is 12.1. The standard InChI is InChI=1S/C12H19O2P/c1-6-14-15(5,13)12-8-7-9(2)10(3)11(12)4/h7-9H,3,6H2,1-2,4-5H3. The molecule has 0 radical (unpaired) electrons. The van der Waals surface area contributed by atoms with Crippen LogP contribution in [0.2, 0.25) is 0 Å². The molecule has 0 saturated carbocycles. The zero-order chi connectivity index (χ0) is 11.6. The normalized spacial score (nSPS) is 25.6. The van der Waals surface area contributed by atoms with E-state index in [0.29, 0.717) is 12.5 Å². The third kappa shape index (κ3) is 2.50. The molecule has 0 heterocycles. The quantitative estimate of drug-likeness (QED) is 0.681. The van der Waals surface area contributed by atoms with E-state index in [0.717, 1.165) is 16.5 Å². The Kier molecular flexibility index (Phi) is 3.75. The molecule has 1 aliphatic rings. The van der Waals surface area contributed by atoms with E-state index >= 15 is 0 Å². The van der Waals surface area contributed by atoms with Gasteiger partial charge in [-0.1, -0.05) is 25.7 Å². The minimum atomic E-state index is -2.66. The molecule has 84 valence electrons. The summed E-state index contributed by atoms with van der Waals surface area (Å²) in [6.07, 6.45) is 3.95. The maximum absolute atomic E-state index is 12.3. The van der Waals surface area contributed by atoms with Crippen molar-refractivity contribution in [2.24, 2.45) is 5.92 Å². The first-order chi connectivity index (χ1) is 6.90. The molecule has 2 nitrogen and oxygen atoms in total. The average Bonchev–Trinajstić information content (AvgIpc) is 2.13. The molecule has 2 atom stereocenters. The van der Waals surface area contributed by atoms with Crippen molar-refractivity contribution in [3.05, 3.63) is 35.2 Å². The summed E-state index contributed by atoms with van der Waals surface area (Å²) >= 11 is 0. The molecular formula is C12H19O2P. The van der Waals surface area contributed by atoms with Crippen LogP contribution in [-0.2, 0) is 9.09 Å². The van der Waals surface area contributed by atoms with Crippen LogP contribution in [-0.4, -0.2) is 13.3 Å². The molecule has 1 rings (SSSR count). The van der Waals surface area contributed by atoms with E-state index in [1.807, 2.05) is 26.0 Å². The number of rotatable bonds is 3. The molecule has 0 spiro atoms. The Morgan fingerprint density at radius 2 is 2.20 bits per heavy atom. The van der Waals surface area contributed by atoms with Gasteiger partial charge in [0.1, 0.15) is 0 Å². The van der Waals surface area contributed by atoms with Gasteiger partial charge in [0.05, 0.1) is 6.61 Å². The highest BCUT2D eigenvalue weighted by atomic mass is 31.2. The van der Waals surface area contributed by atoms with Crippen LogP contribution in [0.25, 0.3) is 0 Å². The topological polar surface area (TPSA) is 26.3 Å². The second-order valence-corrected chi connectivity index (χ2v) is 6.38. The van der Waals surface area contributed by atoms with Crippen molar-refractivity contribution in [2.45, 2.75) is 20.8 Å². The molecule has 0 aliphatic heterocycles. The number of hydrogen-bond acceptors (Lipinski definition) is 2. The van der Waals surface area contributed by atoms with Crippen LogP contribution in [0.15, 0.2) is 35.2 Å². The minimum Gasteiger partial charge on any atom is -0.326 e. The Labute approximate surface area is 92.2 Å². The molecule has 0 amide bonds. The van der Waals surface area contributed by atoms with E-state index < -0.39 is 7.37 Å². The summed E-state index contributed by atoms with van der Waals surface area (Å²) in [5, 5.41) is 0.812. The summed E-state index contributed by atoms with van der Waals surface area (Å²) in [4.78, 5) is 0. The van der Waals surface area contributed by atoms with Gasteiger partial charge in [0, 0.05) is 12.0 Å². The van der Waals surface area contributed by atoms with Gasteiger partial charge >= 0.3 is 0 Å². The van der Waals surface area contributed by atoms with E-state index in [-0.39, 0.29) is 0 Å². The molecule has 0 N–H and O–H groups in total. The van der Waals surface area contributed by atoms with Gasteiger partial charge in [0.15, 0.2) is 0 Å². The maximum atomic E-state index is 12.3. The SMILES string of the molecule is C=C1C(C)=C(P(C)(=O)OCC)C=CC1C. The Bertz CT molecular complexity index is 377. The predicted molar refractivity (Wildman–Crippen MR) is 65.3 cm³/mol. The lowest BCUT2D eigenvalue weighted by molar-refractivity contribution is 0.342. The van der Waals surface area contributed by atoms with Crippen LogP contribution in [0.5, 0.6) is 0 Å². The highest BCUT2D eigenvalue weighted by molar-refractivity contribution is 7.63. The second kappa shape index (κ2) is 4.51. The number of allylic oxidation sites excluding steroid dienone is 5. The Hall–Kier alpha value is -0.590. The van der Waals surface area contributed by atoms with Crippen molar-refractivity contribution in [3.8, 4) is 0 Å². The summed E-state index contributed by atoms with van der Waals surface area (Å²) in [6, 6.07) is 0. The smallest absolute Gasteiger partial charge is 0.229 e. The van der Waals surface area contributed by atoms with Gasteiger partial charge in [-0.25, -0.2) is 0 Å².